The Hall–Kier alpha value is -0.490. The van der Waals surface area contributed by atoms with Gasteiger partial charge in [0, 0.05) is 0 Å². The Balaban J connectivity index is 2.38. The van der Waals surface area contributed by atoms with Crippen molar-refractivity contribution in [2.24, 2.45) is 0 Å². The van der Waals surface area contributed by atoms with Crippen molar-refractivity contribution in [2.45, 2.75) is 13.0 Å². The molecule has 0 saturated heterocycles. The quantitative estimate of drug-likeness (QED) is 0.886. The van der Waals surface area contributed by atoms with Crippen LogP contribution in [-0.2, 0) is 0 Å². The largest absolute Gasteiger partial charge is 0.382 e. The first-order valence-corrected chi connectivity index (χ1v) is 5.93. The van der Waals surface area contributed by atoms with Crippen LogP contribution >= 0.6 is 34.5 Å². The minimum absolute atomic E-state index is 0.593. The van der Waals surface area contributed by atoms with E-state index in [1.54, 1.807) is 6.07 Å². The number of nitrogens with zero attached hydrogens (tertiary/aromatic N) is 2. The fourth-order valence-corrected chi connectivity index (χ4v) is 2.98. The number of hydrogen-bond acceptors (Lipinski definition) is 5. The van der Waals surface area contributed by atoms with Crippen LogP contribution in [0, 0.1) is 6.92 Å². The molecule has 2 rings (SSSR count). The molecule has 14 heavy (non-hydrogen) atoms. The van der Waals surface area contributed by atoms with Crippen molar-refractivity contribution in [3.05, 3.63) is 31.9 Å². The highest BCUT2D eigenvalue weighted by Gasteiger charge is 2.19. The van der Waals surface area contributed by atoms with Gasteiger partial charge in [0.05, 0.1) is 20.5 Å². The molecule has 0 fully saturated rings. The SMILES string of the molecule is Cc1nnsc1C(O)c1sccc1Cl. The van der Waals surface area contributed by atoms with E-state index in [0.29, 0.717) is 5.02 Å². The molecule has 0 aliphatic heterocycles. The highest BCUT2D eigenvalue weighted by Crippen LogP contribution is 2.34. The van der Waals surface area contributed by atoms with Crippen molar-refractivity contribution in [3.63, 3.8) is 0 Å². The number of aromatic nitrogens is 2. The molecule has 2 heterocycles. The van der Waals surface area contributed by atoms with Gasteiger partial charge in [0.25, 0.3) is 0 Å². The fraction of sp³-hybridized carbons (Fsp3) is 0.250. The molecule has 0 aliphatic carbocycles. The molecule has 2 aromatic rings. The van der Waals surface area contributed by atoms with Gasteiger partial charge in [-0.2, -0.15) is 0 Å². The van der Waals surface area contributed by atoms with E-state index in [1.807, 2.05) is 12.3 Å². The van der Waals surface area contributed by atoms with Crippen LogP contribution in [0.25, 0.3) is 0 Å². The molecule has 1 N–H and O–H groups in total. The maximum atomic E-state index is 9.99. The summed E-state index contributed by atoms with van der Waals surface area (Å²) >= 11 is 8.55. The molecule has 0 aliphatic rings. The molecule has 0 radical (unpaired) electrons. The second-order valence-corrected chi connectivity index (χ2v) is 4.90. The summed E-state index contributed by atoms with van der Waals surface area (Å²) in [4.78, 5) is 1.51. The summed E-state index contributed by atoms with van der Waals surface area (Å²) in [7, 11) is 0. The number of aliphatic hydroxyl groups excluding tert-OH is 1. The molecule has 0 spiro atoms. The number of rotatable bonds is 2. The average molecular weight is 247 g/mol. The van der Waals surface area contributed by atoms with E-state index in [1.165, 1.54) is 22.9 Å². The minimum atomic E-state index is -0.692. The van der Waals surface area contributed by atoms with Crippen LogP contribution in [-0.4, -0.2) is 14.7 Å². The molecule has 0 bridgehead atoms. The second kappa shape index (κ2) is 3.94. The van der Waals surface area contributed by atoms with Crippen molar-refractivity contribution >= 4 is 34.5 Å². The summed E-state index contributed by atoms with van der Waals surface area (Å²) in [5, 5.41) is 16.3. The molecule has 3 nitrogen and oxygen atoms in total. The zero-order valence-electron chi connectivity index (χ0n) is 7.27. The monoisotopic (exact) mass is 246 g/mol. The third-order valence-corrected chi connectivity index (χ3v) is 4.12. The zero-order valence-corrected chi connectivity index (χ0v) is 9.66. The second-order valence-electron chi connectivity index (χ2n) is 2.76. The number of thiophene rings is 1. The highest BCUT2D eigenvalue weighted by atomic mass is 35.5. The van der Waals surface area contributed by atoms with Crippen LogP contribution in [0.2, 0.25) is 5.02 Å². The number of aliphatic hydroxyl groups is 1. The third-order valence-electron chi connectivity index (χ3n) is 1.83. The maximum Gasteiger partial charge on any atom is 0.127 e. The van der Waals surface area contributed by atoms with Crippen LogP contribution in [0.4, 0.5) is 0 Å². The Labute approximate surface area is 94.1 Å². The van der Waals surface area contributed by atoms with Crippen LogP contribution in [0.1, 0.15) is 21.6 Å². The molecule has 1 atom stereocenters. The lowest BCUT2D eigenvalue weighted by Gasteiger charge is -2.06. The lowest BCUT2D eigenvalue weighted by molar-refractivity contribution is 0.227. The fourth-order valence-electron chi connectivity index (χ4n) is 1.11. The lowest BCUT2D eigenvalue weighted by Crippen LogP contribution is -1.96. The van der Waals surface area contributed by atoms with Gasteiger partial charge in [0.15, 0.2) is 0 Å². The third kappa shape index (κ3) is 1.68. The summed E-state index contributed by atoms with van der Waals surface area (Å²) in [5.41, 5.74) is 0.756. The maximum absolute atomic E-state index is 9.99. The predicted molar refractivity (Wildman–Crippen MR) is 58.0 cm³/mol. The van der Waals surface area contributed by atoms with Crippen molar-refractivity contribution in [1.29, 1.82) is 0 Å². The van der Waals surface area contributed by atoms with Crippen molar-refractivity contribution in [3.8, 4) is 0 Å². The van der Waals surface area contributed by atoms with Gasteiger partial charge >= 0.3 is 0 Å². The van der Waals surface area contributed by atoms with E-state index in [9.17, 15) is 5.11 Å². The van der Waals surface area contributed by atoms with Gasteiger partial charge in [-0.1, -0.05) is 16.1 Å². The Morgan fingerprint density at radius 3 is 2.79 bits per heavy atom. The van der Waals surface area contributed by atoms with Crippen molar-refractivity contribution in [2.75, 3.05) is 0 Å². The van der Waals surface area contributed by atoms with Gasteiger partial charge in [-0.25, -0.2) is 0 Å². The Morgan fingerprint density at radius 1 is 1.50 bits per heavy atom. The van der Waals surface area contributed by atoms with Crippen LogP contribution in [0.5, 0.6) is 0 Å². The van der Waals surface area contributed by atoms with Gasteiger partial charge in [-0.3, -0.25) is 0 Å². The van der Waals surface area contributed by atoms with Gasteiger partial charge in [0.1, 0.15) is 6.10 Å². The van der Waals surface area contributed by atoms with E-state index in [2.05, 4.69) is 9.59 Å². The minimum Gasteiger partial charge on any atom is -0.382 e. The summed E-state index contributed by atoms with van der Waals surface area (Å²) in [6.07, 6.45) is -0.692. The van der Waals surface area contributed by atoms with Gasteiger partial charge in [-0.15, -0.1) is 16.4 Å². The number of halogens is 1. The van der Waals surface area contributed by atoms with Crippen LogP contribution in [0.3, 0.4) is 0 Å². The van der Waals surface area contributed by atoms with E-state index >= 15 is 0 Å². The molecular formula is C8H7ClN2OS2. The molecule has 0 saturated carbocycles. The Morgan fingerprint density at radius 2 is 2.29 bits per heavy atom. The topological polar surface area (TPSA) is 46.0 Å². The van der Waals surface area contributed by atoms with Gasteiger partial charge in [-0.05, 0) is 29.9 Å². The number of aryl methyl sites for hydroxylation is 1. The van der Waals surface area contributed by atoms with Crippen LogP contribution < -0.4 is 0 Å². The van der Waals surface area contributed by atoms with Crippen LogP contribution in [0.15, 0.2) is 11.4 Å². The molecule has 0 aromatic carbocycles. The standard InChI is InChI=1S/C8H7ClN2OS2/c1-4-7(14-11-10-4)6(12)8-5(9)2-3-13-8/h2-3,6,12H,1H3. The lowest BCUT2D eigenvalue weighted by atomic mass is 10.2. The summed E-state index contributed by atoms with van der Waals surface area (Å²) in [5.74, 6) is 0. The van der Waals surface area contributed by atoms with Crippen molar-refractivity contribution in [1.82, 2.24) is 9.59 Å². The first-order chi connectivity index (χ1) is 6.70. The highest BCUT2D eigenvalue weighted by molar-refractivity contribution is 7.11. The zero-order chi connectivity index (χ0) is 10.1. The first-order valence-electron chi connectivity index (χ1n) is 3.90. The molecule has 1 unspecified atom stereocenters. The predicted octanol–water partition coefficient (Wildman–Crippen LogP) is 2.64. The Kier molecular flexibility index (Phi) is 2.83. The summed E-state index contributed by atoms with van der Waals surface area (Å²) in [6, 6.07) is 1.77. The summed E-state index contributed by atoms with van der Waals surface area (Å²) in [6.45, 7) is 1.82. The molecular weight excluding hydrogens is 240 g/mol. The van der Waals surface area contributed by atoms with Crippen molar-refractivity contribution < 1.29 is 5.11 Å². The van der Waals surface area contributed by atoms with E-state index < -0.39 is 6.10 Å². The molecule has 6 heteroatoms. The Bertz CT molecular complexity index is 400. The van der Waals surface area contributed by atoms with E-state index in [0.717, 1.165) is 15.4 Å². The van der Waals surface area contributed by atoms with E-state index in [-0.39, 0.29) is 0 Å². The van der Waals surface area contributed by atoms with E-state index in [4.69, 9.17) is 11.6 Å². The molecule has 2 aromatic heterocycles. The summed E-state index contributed by atoms with van der Waals surface area (Å²) < 4.78 is 3.78. The molecule has 74 valence electrons. The number of hydrogen-bond donors (Lipinski definition) is 1. The first kappa shape index (κ1) is 10.0. The average Bonchev–Trinajstić information content (AvgIpc) is 2.73. The molecule has 0 amide bonds. The van der Waals surface area contributed by atoms with Gasteiger partial charge in [0.2, 0.25) is 0 Å². The normalized spacial score (nSPS) is 13.1. The smallest absolute Gasteiger partial charge is 0.127 e. The van der Waals surface area contributed by atoms with Gasteiger partial charge < -0.3 is 5.11 Å².